The predicted octanol–water partition coefficient (Wildman–Crippen LogP) is 8.70. The lowest BCUT2D eigenvalue weighted by molar-refractivity contribution is -0.124. The second-order valence-electron chi connectivity index (χ2n) is 11.7. The van der Waals surface area contributed by atoms with Gasteiger partial charge in [-0.25, -0.2) is 4.98 Å². The number of H-pyrrole nitrogens is 1. The molecule has 9 nitrogen and oxygen atoms in total. The van der Waals surface area contributed by atoms with Crippen LogP contribution in [0.25, 0.3) is 17.1 Å². The molecule has 50 heavy (non-hydrogen) atoms. The highest BCUT2D eigenvalue weighted by atomic mass is 16.1. The van der Waals surface area contributed by atoms with E-state index in [1.807, 2.05) is 73.8 Å². The molecule has 0 aliphatic carbocycles. The van der Waals surface area contributed by atoms with Crippen LogP contribution in [0, 0.1) is 13.8 Å². The van der Waals surface area contributed by atoms with Crippen LogP contribution in [-0.4, -0.2) is 61.5 Å². The number of likely N-dealkylation sites (tertiary alicyclic amines) is 1. The molecule has 1 fully saturated rings. The van der Waals surface area contributed by atoms with E-state index >= 15 is 0 Å². The number of aryl methyl sites for hydroxylation is 2. The van der Waals surface area contributed by atoms with Gasteiger partial charge in [-0.1, -0.05) is 64.7 Å². The van der Waals surface area contributed by atoms with E-state index in [-0.39, 0.29) is 40.1 Å². The Bertz CT molecular complexity index is 1930. The van der Waals surface area contributed by atoms with Gasteiger partial charge in [-0.15, -0.1) is 0 Å². The molecule has 9 heteroatoms. The number of aromatic nitrogens is 4. The number of hydrogen-bond acceptors (Lipinski definition) is 8. The van der Waals surface area contributed by atoms with Crippen LogP contribution in [-0.2, 0) is 16.0 Å². The molecule has 1 saturated heterocycles. The number of nitrogens with zero attached hydrogens (tertiary/aromatic N) is 5. The Hall–Kier alpha value is -5.41. The summed E-state index contributed by atoms with van der Waals surface area (Å²) < 4.78 is 0. The zero-order chi connectivity index (χ0) is 33.3. The van der Waals surface area contributed by atoms with Crippen molar-refractivity contribution in [2.24, 2.45) is 4.99 Å². The maximum atomic E-state index is 12.4. The summed E-state index contributed by atoms with van der Waals surface area (Å²) in [5, 5.41) is 0. The van der Waals surface area contributed by atoms with Crippen molar-refractivity contribution in [3.05, 3.63) is 125 Å². The molecule has 3 aromatic heterocycles. The van der Waals surface area contributed by atoms with Gasteiger partial charge in [0.1, 0.15) is 17.3 Å². The van der Waals surface area contributed by atoms with E-state index in [1.54, 1.807) is 12.3 Å². The molecule has 0 radical (unpaired) electrons. The van der Waals surface area contributed by atoms with Crippen molar-refractivity contribution in [2.75, 3.05) is 7.05 Å². The average Bonchev–Trinajstić information content (AvgIpc) is 3.70. The van der Waals surface area contributed by atoms with Crippen molar-refractivity contribution in [3.63, 3.8) is 0 Å². The second-order valence-corrected chi connectivity index (χ2v) is 11.7. The van der Waals surface area contributed by atoms with Crippen molar-refractivity contribution in [1.82, 2.24) is 24.8 Å². The lowest BCUT2D eigenvalue weighted by Crippen LogP contribution is -2.47. The molecular formula is C41H50N6O3. The monoisotopic (exact) mass is 674 g/mol. The number of aliphatic imine (C=N–C) groups is 1. The van der Waals surface area contributed by atoms with Crippen LogP contribution in [0.4, 0.5) is 5.69 Å². The number of carbonyl (C=O) groups excluding carboxylic acids is 3. The van der Waals surface area contributed by atoms with Crippen molar-refractivity contribution in [2.45, 2.75) is 74.4 Å². The molecule has 2 aromatic carbocycles. The number of imidazole rings is 1. The summed E-state index contributed by atoms with van der Waals surface area (Å²) >= 11 is 0. The molecule has 0 unspecified atom stereocenters. The summed E-state index contributed by atoms with van der Waals surface area (Å²) in [4.78, 5) is 56.2. The van der Waals surface area contributed by atoms with Gasteiger partial charge < -0.3 is 4.98 Å². The number of hydrogen-bond donors (Lipinski definition) is 1. The van der Waals surface area contributed by atoms with Gasteiger partial charge in [0.25, 0.3) is 0 Å². The fourth-order valence-electron chi connectivity index (χ4n) is 5.73. The molecule has 262 valence electrons. The van der Waals surface area contributed by atoms with Crippen molar-refractivity contribution in [1.29, 1.82) is 0 Å². The number of fused-ring (bicyclic) bond motifs is 2. The number of rotatable bonds is 5. The lowest BCUT2D eigenvalue weighted by Gasteiger charge is -2.39. The number of piperidine rings is 1. The number of nitrogens with one attached hydrogen (secondary N) is 1. The Kier molecular flexibility index (Phi) is 15.5. The quantitative estimate of drug-likeness (QED) is 0.146. The first kappa shape index (κ1) is 40.8. The number of pyridine rings is 2. The maximum absolute atomic E-state index is 12.4. The van der Waals surface area contributed by atoms with E-state index in [0.717, 1.165) is 52.0 Å². The number of Topliss-reactive ketones (excluding diaryl/α,β-unsaturated/α-hetero) is 1. The van der Waals surface area contributed by atoms with Gasteiger partial charge in [0.05, 0.1) is 34.5 Å². The van der Waals surface area contributed by atoms with Gasteiger partial charge in [-0.2, -0.15) is 0 Å². The van der Waals surface area contributed by atoms with Gasteiger partial charge >= 0.3 is 0 Å². The fraction of sp³-hybridized carbons (Fsp3) is 0.293. The standard InChI is InChI=1S/C20H21N3O.C11H10N2O.C7H7NO.3CH4/c1-13-6-5-9-21-20(13)19-12-15(24)11-18(23(19)2)17-10-14-7-3-4-8-16(14)22-17;1-8(14)6-7-11-12-9-4-2-3-5-10(9)13-11;1-6-3-2-4-8-7(6)5-9;;;/h3-9,18-19H,10-12H2,1-2H3;2-7H,1H3,(H,12,13);2-5H,1H3;3*1H4/b;7-6+;;;;/t18-,19+;;;;;/m1...../s1. The van der Waals surface area contributed by atoms with Gasteiger partial charge in [-0.3, -0.25) is 34.2 Å². The lowest BCUT2D eigenvalue weighted by atomic mass is 9.88. The van der Waals surface area contributed by atoms with E-state index in [1.165, 1.54) is 18.6 Å². The summed E-state index contributed by atoms with van der Waals surface area (Å²) in [6.45, 7) is 5.43. The Labute approximate surface area is 296 Å². The number of benzene rings is 2. The van der Waals surface area contributed by atoms with E-state index in [9.17, 15) is 14.4 Å². The zero-order valence-electron chi connectivity index (χ0n) is 27.1. The number of aromatic amines is 1. The molecule has 2 aliphatic rings. The van der Waals surface area contributed by atoms with Gasteiger partial charge in [-0.05, 0) is 87.0 Å². The minimum Gasteiger partial charge on any atom is -0.338 e. The molecule has 0 saturated carbocycles. The fourth-order valence-corrected chi connectivity index (χ4v) is 5.73. The van der Waals surface area contributed by atoms with E-state index in [4.69, 9.17) is 4.99 Å². The first-order valence-corrected chi connectivity index (χ1v) is 15.5. The molecule has 7 rings (SSSR count). The third kappa shape index (κ3) is 10.1. The summed E-state index contributed by atoms with van der Waals surface area (Å²) in [7, 11) is 2.10. The van der Waals surface area contributed by atoms with Crippen LogP contribution >= 0.6 is 0 Å². The van der Waals surface area contributed by atoms with Gasteiger partial charge in [0, 0.05) is 37.4 Å². The van der Waals surface area contributed by atoms with Crippen molar-refractivity contribution in [3.8, 4) is 0 Å². The minimum atomic E-state index is 0. The van der Waals surface area contributed by atoms with Gasteiger partial charge in [0.15, 0.2) is 12.1 Å². The van der Waals surface area contributed by atoms with E-state index in [0.29, 0.717) is 30.1 Å². The molecular weight excluding hydrogens is 624 g/mol. The number of ketones is 2. The topological polar surface area (TPSA) is 121 Å². The van der Waals surface area contributed by atoms with Crippen LogP contribution in [0.15, 0.2) is 96.3 Å². The Morgan fingerprint density at radius 1 is 0.860 bits per heavy atom. The molecule has 1 N–H and O–H groups in total. The number of para-hydroxylation sites is 3. The first-order valence-electron chi connectivity index (χ1n) is 15.5. The van der Waals surface area contributed by atoms with Crippen LogP contribution in [0.1, 0.15) is 86.8 Å². The summed E-state index contributed by atoms with van der Waals surface area (Å²) in [6, 6.07) is 23.8. The molecule has 0 spiro atoms. The SMILES string of the molecule is C.C.C.CC(=O)/C=C/c1nc2ccccc2[nH]1.Cc1cccnc1C=O.Cc1cccnc1[C@@H]1CC(=O)C[C@H](C2=Nc3ccccc3C2)N1C. The summed E-state index contributed by atoms with van der Waals surface area (Å²) in [5.41, 5.74) is 8.89. The highest BCUT2D eigenvalue weighted by Gasteiger charge is 2.38. The zero-order valence-corrected chi connectivity index (χ0v) is 27.1. The maximum Gasteiger partial charge on any atom is 0.168 e. The molecule has 0 bridgehead atoms. The van der Waals surface area contributed by atoms with Crippen LogP contribution < -0.4 is 0 Å². The second kappa shape index (κ2) is 19.0. The van der Waals surface area contributed by atoms with Crippen LogP contribution in [0.3, 0.4) is 0 Å². The summed E-state index contributed by atoms with van der Waals surface area (Å²) in [6.07, 6.45) is 9.28. The molecule has 5 aromatic rings. The molecule has 2 aliphatic heterocycles. The first-order chi connectivity index (χ1) is 22.7. The Morgan fingerprint density at radius 2 is 1.52 bits per heavy atom. The Balaban J connectivity index is 0.000000285. The predicted molar refractivity (Wildman–Crippen MR) is 205 cm³/mol. The molecule has 5 heterocycles. The largest absolute Gasteiger partial charge is 0.338 e. The third-order valence-corrected chi connectivity index (χ3v) is 8.25. The highest BCUT2D eigenvalue weighted by Crippen LogP contribution is 2.36. The highest BCUT2D eigenvalue weighted by molar-refractivity contribution is 6.01. The van der Waals surface area contributed by atoms with Crippen LogP contribution in [0.5, 0.6) is 0 Å². The molecule has 2 atom stereocenters. The van der Waals surface area contributed by atoms with Gasteiger partial charge in [0.2, 0.25) is 0 Å². The summed E-state index contributed by atoms with van der Waals surface area (Å²) in [5.74, 6) is 1.03. The van der Waals surface area contributed by atoms with Crippen molar-refractivity contribution < 1.29 is 14.4 Å². The van der Waals surface area contributed by atoms with E-state index in [2.05, 4.69) is 50.9 Å². The number of carbonyl (C=O) groups is 3. The third-order valence-electron chi connectivity index (χ3n) is 8.25. The average molecular weight is 675 g/mol. The molecule has 0 amide bonds. The minimum absolute atomic E-state index is 0. The number of aldehydes is 1. The normalized spacial score (nSPS) is 16.2. The Morgan fingerprint density at radius 3 is 2.16 bits per heavy atom. The smallest absolute Gasteiger partial charge is 0.168 e. The van der Waals surface area contributed by atoms with Crippen molar-refractivity contribution >= 4 is 46.4 Å². The van der Waals surface area contributed by atoms with Crippen LogP contribution in [0.2, 0.25) is 0 Å². The van der Waals surface area contributed by atoms with E-state index < -0.39 is 0 Å². The number of allylic oxidation sites excluding steroid dienone is 1.